The number of halogens is 1. The van der Waals surface area contributed by atoms with Crippen LogP contribution in [0.4, 0.5) is 0 Å². The number of hydrogen-bond acceptors (Lipinski definition) is 3. The second-order valence-corrected chi connectivity index (χ2v) is 3.97. The number of esters is 1. The first-order chi connectivity index (χ1) is 6.11. The highest BCUT2D eigenvalue weighted by Crippen LogP contribution is 2.34. The van der Waals surface area contributed by atoms with Crippen LogP contribution in [0.5, 0.6) is 0 Å². The molecule has 0 N–H and O–H groups in total. The molecule has 1 fully saturated rings. The molecule has 3 nitrogen and oxygen atoms in total. The third kappa shape index (κ3) is 1.46. The maximum Gasteiger partial charge on any atom is 0.307 e. The van der Waals surface area contributed by atoms with Crippen LogP contribution in [0.1, 0.15) is 12.8 Å². The minimum atomic E-state index is -0.663. The zero-order chi connectivity index (χ0) is 9.47. The van der Waals surface area contributed by atoms with Crippen LogP contribution < -0.4 is 0 Å². The van der Waals surface area contributed by atoms with Crippen molar-refractivity contribution in [2.24, 2.45) is 0 Å². The highest BCUT2D eigenvalue weighted by Gasteiger charge is 2.38. The third-order valence-electron chi connectivity index (χ3n) is 2.15. The lowest BCUT2D eigenvalue weighted by Gasteiger charge is -2.22. The van der Waals surface area contributed by atoms with Gasteiger partial charge in [0, 0.05) is 6.42 Å². The molecule has 0 amide bonds. The second-order valence-electron chi connectivity index (χ2n) is 3.12. The summed E-state index contributed by atoms with van der Waals surface area (Å²) in [5.74, 6) is -0.302. The molecule has 2 rings (SSSR count). The lowest BCUT2D eigenvalue weighted by atomic mass is 9.94. The Morgan fingerprint density at radius 2 is 2.23 bits per heavy atom. The summed E-state index contributed by atoms with van der Waals surface area (Å²) in [4.78, 5) is 22.0. The Kier molecular flexibility index (Phi) is 1.87. The van der Waals surface area contributed by atoms with E-state index < -0.39 is 5.60 Å². The number of allylic oxidation sites excluding steroid dienone is 2. The van der Waals surface area contributed by atoms with Crippen molar-refractivity contribution in [3.05, 3.63) is 22.7 Å². The van der Waals surface area contributed by atoms with Gasteiger partial charge in [0.2, 0.25) is 0 Å². The van der Waals surface area contributed by atoms with E-state index in [4.69, 9.17) is 4.74 Å². The monoisotopic (exact) mass is 242 g/mol. The fraction of sp³-hybridized carbons (Fsp3) is 0.333. The molecular weight excluding hydrogens is 236 g/mol. The predicted octanol–water partition coefficient (Wildman–Crippen LogP) is 1.48. The van der Waals surface area contributed by atoms with Crippen LogP contribution in [-0.2, 0) is 14.3 Å². The average molecular weight is 243 g/mol. The minimum Gasteiger partial charge on any atom is -0.450 e. The molecule has 0 aromatic carbocycles. The predicted molar refractivity (Wildman–Crippen MR) is 49.2 cm³/mol. The number of carbonyl (C=O) groups is 2. The van der Waals surface area contributed by atoms with E-state index in [-0.39, 0.29) is 11.8 Å². The van der Waals surface area contributed by atoms with Gasteiger partial charge in [0.05, 0.1) is 10.9 Å². The van der Waals surface area contributed by atoms with Gasteiger partial charge in [-0.3, -0.25) is 9.59 Å². The maximum absolute atomic E-state index is 11.1. The summed E-state index contributed by atoms with van der Waals surface area (Å²) in [7, 11) is 0. The first-order valence-electron chi connectivity index (χ1n) is 3.95. The molecule has 68 valence electrons. The largest absolute Gasteiger partial charge is 0.450 e. The molecule has 1 unspecified atom stereocenters. The molecule has 0 bridgehead atoms. The SMILES string of the molecule is O=C1CCC2(C=CC(=O)C(Br)=C2)O1. The molecule has 2 aliphatic rings. The van der Waals surface area contributed by atoms with E-state index in [1.54, 1.807) is 12.2 Å². The summed E-state index contributed by atoms with van der Waals surface area (Å²) >= 11 is 3.13. The van der Waals surface area contributed by atoms with Crippen LogP contribution in [0, 0.1) is 0 Å². The van der Waals surface area contributed by atoms with Crippen LogP contribution >= 0.6 is 15.9 Å². The summed E-state index contributed by atoms with van der Waals surface area (Å²) in [5, 5.41) is 0. The van der Waals surface area contributed by atoms with Crippen molar-refractivity contribution < 1.29 is 14.3 Å². The Hall–Kier alpha value is -0.900. The lowest BCUT2D eigenvalue weighted by Crippen LogP contribution is -2.26. The van der Waals surface area contributed by atoms with E-state index in [2.05, 4.69) is 15.9 Å². The van der Waals surface area contributed by atoms with Crippen molar-refractivity contribution in [3.8, 4) is 0 Å². The van der Waals surface area contributed by atoms with Crippen molar-refractivity contribution in [1.82, 2.24) is 0 Å². The van der Waals surface area contributed by atoms with Gasteiger partial charge >= 0.3 is 5.97 Å². The standard InChI is InChI=1S/C9H7BrO3/c10-6-5-9(3-1-7(6)11)4-2-8(12)13-9/h1,3,5H,2,4H2. The molecule has 1 atom stereocenters. The molecule has 13 heavy (non-hydrogen) atoms. The Morgan fingerprint density at radius 3 is 2.77 bits per heavy atom. The van der Waals surface area contributed by atoms with Crippen molar-refractivity contribution in [2.75, 3.05) is 0 Å². The lowest BCUT2D eigenvalue weighted by molar-refractivity contribution is -0.143. The smallest absolute Gasteiger partial charge is 0.307 e. The summed E-state index contributed by atoms with van der Waals surface area (Å²) in [6, 6.07) is 0. The normalized spacial score (nSPS) is 32.2. The van der Waals surface area contributed by atoms with E-state index in [1.807, 2.05) is 0 Å². The number of ether oxygens (including phenoxy) is 1. The van der Waals surface area contributed by atoms with Crippen LogP contribution in [0.2, 0.25) is 0 Å². The molecule has 1 heterocycles. The van der Waals surface area contributed by atoms with Crippen LogP contribution in [0.25, 0.3) is 0 Å². The zero-order valence-electron chi connectivity index (χ0n) is 6.75. The zero-order valence-corrected chi connectivity index (χ0v) is 8.33. The van der Waals surface area contributed by atoms with Gasteiger partial charge in [-0.2, -0.15) is 0 Å². The van der Waals surface area contributed by atoms with Gasteiger partial charge < -0.3 is 4.74 Å². The van der Waals surface area contributed by atoms with Gasteiger partial charge in [-0.25, -0.2) is 0 Å². The maximum atomic E-state index is 11.1. The van der Waals surface area contributed by atoms with E-state index in [9.17, 15) is 9.59 Å². The van der Waals surface area contributed by atoms with Gasteiger partial charge in [-0.05, 0) is 34.2 Å². The van der Waals surface area contributed by atoms with Crippen molar-refractivity contribution in [1.29, 1.82) is 0 Å². The second kappa shape index (κ2) is 2.80. The minimum absolute atomic E-state index is 0.0893. The van der Waals surface area contributed by atoms with Crippen LogP contribution in [-0.4, -0.2) is 17.4 Å². The van der Waals surface area contributed by atoms with Gasteiger partial charge in [0.1, 0.15) is 0 Å². The quantitative estimate of drug-likeness (QED) is 0.605. The molecule has 1 aliphatic carbocycles. The first-order valence-corrected chi connectivity index (χ1v) is 4.74. The van der Waals surface area contributed by atoms with Crippen molar-refractivity contribution in [3.63, 3.8) is 0 Å². The number of rotatable bonds is 0. The number of carbonyl (C=O) groups excluding carboxylic acids is 2. The Labute approximate surface area is 83.6 Å². The Bertz CT molecular complexity index is 343. The molecule has 4 heteroatoms. The Morgan fingerprint density at radius 1 is 1.46 bits per heavy atom. The molecule has 0 aromatic rings. The summed E-state index contributed by atoms with van der Waals surface area (Å²) in [6.45, 7) is 0. The molecule has 1 saturated heterocycles. The molecule has 0 radical (unpaired) electrons. The third-order valence-corrected chi connectivity index (χ3v) is 2.77. The summed E-state index contributed by atoms with van der Waals surface area (Å²) in [5.41, 5.74) is -0.663. The van der Waals surface area contributed by atoms with E-state index >= 15 is 0 Å². The van der Waals surface area contributed by atoms with Gasteiger partial charge in [-0.1, -0.05) is 0 Å². The molecule has 0 aromatic heterocycles. The molecule has 0 saturated carbocycles. The first kappa shape index (κ1) is 8.69. The van der Waals surface area contributed by atoms with Crippen molar-refractivity contribution >= 4 is 27.7 Å². The fourth-order valence-corrected chi connectivity index (χ4v) is 1.98. The van der Waals surface area contributed by atoms with E-state index in [0.29, 0.717) is 17.3 Å². The molecule has 1 aliphatic heterocycles. The Balaban J connectivity index is 2.32. The van der Waals surface area contributed by atoms with Gasteiger partial charge in [-0.15, -0.1) is 0 Å². The van der Waals surface area contributed by atoms with Gasteiger partial charge in [0.25, 0.3) is 0 Å². The van der Waals surface area contributed by atoms with Crippen molar-refractivity contribution in [2.45, 2.75) is 18.4 Å². The molecule has 1 spiro atoms. The molecular formula is C9H7BrO3. The summed E-state index contributed by atoms with van der Waals surface area (Å²) in [6.07, 6.45) is 5.76. The summed E-state index contributed by atoms with van der Waals surface area (Å²) < 4.78 is 5.59. The number of ketones is 1. The van der Waals surface area contributed by atoms with Crippen LogP contribution in [0.3, 0.4) is 0 Å². The highest BCUT2D eigenvalue weighted by molar-refractivity contribution is 9.12. The fourth-order valence-electron chi connectivity index (χ4n) is 1.46. The van der Waals surface area contributed by atoms with E-state index in [1.165, 1.54) is 6.08 Å². The topological polar surface area (TPSA) is 43.4 Å². The van der Waals surface area contributed by atoms with Crippen LogP contribution in [0.15, 0.2) is 22.7 Å². The number of hydrogen-bond donors (Lipinski definition) is 0. The van der Waals surface area contributed by atoms with E-state index in [0.717, 1.165) is 0 Å². The van der Waals surface area contributed by atoms with Gasteiger partial charge in [0.15, 0.2) is 11.4 Å². The highest BCUT2D eigenvalue weighted by atomic mass is 79.9. The average Bonchev–Trinajstić information content (AvgIpc) is 2.42.